The Balaban J connectivity index is 1.85. The first-order chi connectivity index (χ1) is 12.2. The van der Waals surface area contributed by atoms with Crippen molar-refractivity contribution in [1.82, 2.24) is 15.0 Å². The van der Waals surface area contributed by atoms with Gasteiger partial charge in [0.15, 0.2) is 0 Å². The number of pyridine rings is 1. The molecule has 3 rings (SSSR count). The van der Waals surface area contributed by atoms with Crippen LogP contribution in [0.15, 0.2) is 53.5 Å². The molecule has 0 unspecified atom stereocenters. The SMILES string of the molecule is COc1cccc(CNc2nc(-c3cccnc3OC)cc(=O)[nH]2)c1. The van der Waals surface area contributed by atoms with E-state index < -0.39 is 0 Å². The number of methoxy groups -OCH3 is 2. The van der Waals surface area contributed by atoms with Crippen LogP contribution in [0.4, 0.5) is 5.95 Å². The third-order valence-electron chi connectivity index (χ3n) is 3.58. The van der Waals surface area contributed by atoms with Gasteiger partial charge in [-0.05, 0) is 29.8 Å². The summed E-state index contributed by atoms with van der Waals surface area (Å²) >= 11 is 0. The minimum Gasteiger partial charge on any atom is -0.497 e. The van der Waals surface area contributed by atoms with E-state index >= 15 is 0 Å². The molecule has 0 aliphatic carbocycles. The number of aromatic amines is 1. The summed E-state index contributed by atoms with van der Waals surface area (Å²) in [4.78, 5) is 23.3. The molecule has 1 aromatic carbocycles. The van der Waals surface area contributed by atoms with Gasteiger partial charge >= 0.3 is 0 Å². The van der Waals surface area contributed by atoms with Crippen molar-refractivity contribution in [2.45, 2.75) is 6.54 Å². The Labute approximate surface area is 144 Å². The van der Waals surface area contributed by atoms with Crippen molar-refractivity contribution in [3.05, 3.63) is 64.6 Å². The largest absolute Gasteiger partial charge is 0.497 e. The molecular formula is C18H18N4O3. The van der Waals surface area contributed by atoms with E-state index in [1.54, 1.807) is 25.4 Å². The summed E-state index contributed by atoms with van der Waals surface area (Å²) in [5.74, 6) is 1.56. The highest BCUT2D eigenvalue weighted by Crippen LogP contribution is 2.25. The number of ether oxygens (including phenoxy) is 2. The second kappa shape index (κ2) is 7.48. The third kappa shape index (κ3) is 3.95. The lowest BCUT2D eigenvalue weighted by Gasteiger charge is -2.10. The van der Waals surface area contributed by atoms with Crippen molar-refractivity contribution in [2.24, 2.45) is 0 Å². The molecule has 3 aromatic rings. The van der Waals surface area contributed by atoms with Gasteiger partial charge in [-0.15, -0.1) is 0 Å². The van der Waals surface area contributed by atoms with Gasteiger partial charge in [0.25, 0.3) is 5.56 Å². The second-order valence-electron chi connectivity index (χ2n) is 5.24. The molecule has 128 valence electrons. The van der Waals surface area contributed by atoms with E-state index in [-0.39, 0.29) is 5.56 Å². The molecule has 0 fully saturated rings. The van der Waals surface area contributed by atoms with Crippen LogP contribution in [0.3, 0.4) is 0 Å². The fraction of sp³-hybridized carbons (Fsp3) is 0.167. The first-order valence-corrected chi connectivity index (χ1v) is 7.67. The molecule has 7 nitrogen and oxygen atoms in total. The molecule has 2 heterocycles. The van der Waals surface area contributed by atoms with Gasteiger partial charge in [-0.1, -0.05) is 12.1 Å². The highest BCUT2D eigenvalue weighted by atomic mass is 16.5. The van der Waals surface area contributed by atoms with Crippen molar-refractivity contribution in [2.75, 3.05) is 19.5 Å². The monoisotopic (exact) mass is 338 g/mol. The Hall–Kier alpha value is -3.35. The van der Waals surface area contributed by atoms with Gasteiger partial charge in [0, 0.05) is 18.8 Å². The number of H-pyrrole nitrogens is 1. The van der Waals surface area contributed by atoms with Gasteiger partial charge in [0.05, 0.1) is 25.5 Å². The van der Waals surface area contributed by atoms with Crippen molar-refractivity contribution >= 4 is 5.95 Å². The highest BCUT2D eigenvalue weighted by molar-refractivity contribution is 5.65. The maximum Gasteiger partial charge on any atom is 0.252 e. The number of hydrogen-bond acceptors (Lipinski definition) is 6. The van der Waals surface area contributed by atoms with Crippen LogP contribution in [-0.4, -0.2) is 29.2 Å². The molecule has 0 saturated heterocycles. The first-order valence-electron chi connectivity index (χ1n) is 7.67. The van der Waals surface area contributed by atoms with E-state index in [0.29, 0.717) is 29.6 Å². The Kier molecular flexibility index (Phi) is 4.94. The van der Waals surface area contributed by atoms with Crippen LogP contribution in [0, 0.1) is 0 Å². The number of aromatic nitrogens is 3. The molecule has 25 heavy (non-hydrogen) atoms. The third-order valence-corrected chi connectivity index (χ3v) is 3.58. The van der Waals surface area contributed by atoms with Gasteiger partial charge in [-0.25, -0.2) is 9.97 Å². The lowest BCUT2D eigenvalue weighted by atomic mass is 10.2. The molecule has 0 saturated carbocycles. The molecule has 0 aliphatic heterocycles. The highest BCUT2D eigenvalue weighted by Gasteiger charge is 2.10. The van der Waals surface area contributed by atoms with E-state index in [1.807, 2.05) is 24.3 Å². The van der Waals surface area contributed by atoms with Crippen molar-refractivity contribution in [1.29, 1.82) is 0 Å². The molecule has 0 amide bonds. The molecular weight excluding hydrogens is 320 g/mol. The normalized spacial score (nSPS) is 10.3. The summed E-state index contributed by atoms with van der Waals surface area (Å²) in [7, 11) is 3.15. The summed E-state index contributed by atoms with van der Waals surface area (Å²) in [6, 6.07) is 12.6. The predicted octanol–water partition coefficient (Wildman–Crippen LogP) is 2.46. The minimum atomic E-state index is -0.260. The average Bonchev–Trinajstić information content (AvgIpc) is 2.66. The van der Waals surface area contributed by atoms with E-state index in [2.05, 4.69) is 20.3 Å². The van der Waals surface area contributed by atoms with Crippen LogP contribution in [0.2, 0.25) is 0 Å². The molecule has 0 aliphatic rings. The lowest BCUT2D eigenvalue weighted by molar-refractivity contribution is 0.399. The summed E-state index contributed by atoms with van der Waals surface area (Å²) in [5, 5.41) is 3.12. The Bertz CT molecular complexity index is 924. The zero-order valence-corrected chi connectivity index (χ0v) is 13.9. The predicted molar refractivity (Wildman–Crippen MR) is 95.0 cm³/mol. The summed E-state index contributed by atoms with van der Waals surface area (Å²) < 4.78 is 10.4. The van der Waals surface area contributed by atoms with Gasteiger partial charge in [-0.3, -0.25) is 9.78 Å². The smallest absolute Gasteiger partial charge is 0.252 e. The van der Waals surface area contributed by atoms with E-state index in [1.165, 1.54) is 13.2 Å². The number of hydrogen-bond donors (Lipinski definition) is 2. The Morgan fingerprint density at radius 1 is 1.12 bits per heavy atom. The fourth-order valence-electron chi connectivity index (χ4n) is 2.40. The number of anilines is 1. The Morgan fingerprint density at radius 3 is 2.80 bits per heavy atom. The van der Waals surface area contributed by atoms with Crippen molar-refractivity contribution in [3.63, 3.8) is 0 Å². The number of nitrogens with one attached hydrogen (secondary N) is 2. The Morgan fingerprint density at radius 2 is 2.00 bits per heavy atom. The number of benzene rings is 1. The first kappa shape index (κ1) is 16.5. The van der Waals surface area contributed by atoms with Gasteiger partial charge in [0.1, 0.15) is 5.75 Å². The minimum absolute atomic E-state index is 0.260. The molecule has 0 radical (unpaired) electrons. The molecule has 0 spiro atoms. The van der Waals surface area contributed by atoms with Crippen LogP contribution in [0.5, 0.6) is 11.6 Å². The number of nitrogens with zero attached hydrogens (tertiary/aromatic N) is 2. The summed E-state index contributed by atoms with van der Waals surface area (Å²) in [5.41, 5.74) is 1.89. The van der Waals surface area contributed by atoms with E-state index in [4.69, 9.17) is 9.47 Å². The zero-order valence-electron chi connectivity index (χ0n) is 13.9. The van der Waals surface area contributed by atoms with E-state index in [9.17, 15) is 4.79 Å². The van der Waals surface area contributed by atoms with Gasteiger partial charge in [-0.2, -0.15) is 0 Å². The summed E-state index contributed by atoms with van der Waals surface area (Å²) in [6.07, 6.45) is 1.62. The van der Waals surface area contributed by atoms with Crippen LogP contribution < -0.4 is 20.3 Å². The lowest BCUT2D eigenvalue weighted by Crippen LogP contribution is -2.13. The van der Waals surface area contributed by atoms with E-state index in [0.717, 1.165) is 11.3 Å². The van der Waals surface area contributed by atoms with Crippen LogP contribution in [0.25, 0.3) is 11.3 Å². The molecule has 0 atom stereocenters. The van der Waals surface area contributed by atoms with Gasteiger partial charge < -0.3 is 14.8 Å². The van der Waals surface area contributed by atoms with Crippen LogP contribution in [-0.2, 0) is 6.54 Å². The topological polar surface area (TPSA) is 89.1 Å². The molecule has 0 bridgehead atoms. The maximum atomic E-state index is 12.0. The molecule has 2 N–H and O–H groups in total. The molecule has 7 heteroatoms. The molecule has 2 aromatic heterocycles. The number of rotatable bonds is 6. The van der Waals surface area contributed by atoms with Gasteiger partial charge in [0.2, 0.25) is 11.8 Å². The maximum absolute atomic E-state index is 12.0. The second-order valence-corrected chi connectivity index (χ2v) is 5.24. The van der Waals surface area contributed by atoms with Crippen LogP contribution in [0.1, 0.15) is 5.56 Å². The summed E-state index contributed by atoms with van der Waals surface area (Å²) in [6.45, 7) is 0.494. The quantitative estimate of drug-likeness (QED) is 0.718. The van der Waals surface area contributed by atoms with Crippen molar-refractivity contribution in [3.8, 4) is 22.9 Å². The standard InChI is InChI=1S/C18H18N4O3/c1-24-13-6-3-5-12(9-13)11-20-18-21-15(10-16(23)22-18)14-7-4-8-19-17(14)25-2/h3-10H,11H2,1-2H3,(H2,20,21,22,23). The van der Waals surface area contributed by atoms with Crippen LogP contribution >= 0.6 is 0 Å². The zero-order chi connectivity index (χ0) is 17.6. The average molecular weight is 338 g/mol. The fourth-order valence-corrected chi connectivity index (χ4v) is 2.40. The van der Waals surface area contributed by atoms with Crippen molar-refractivity contribution < 1.29 is 9.47 Å².